The number of alkyl halides is 1. The lowest BCUT2D eigenvalue weighted by Gasteiger charge is -2.37. The van der Waals surface area contributed by atoms with Crippen molar-refractivity contribution in [3.05, 3.63) is 28.8 Å². The Morgan fingerprint density at radius 3 is 2.50 bits per heavy atom. The number of para-hydroxylation sites is 1. The summed E-state index contributed by atoms with van der Waals surface area (Å²) in [6.45, 7) is 7.72. The second kappa shape index (κ2) is 6.65. The number of hydrogen-bond acceptors (Lipinski definition) is 2. The van der Waals surface area contributed by atoms with Gasteiger partial charge in [-0.3, -0.25) is 4.90 Å². The second-order valence-electron chi connectivity index (χ2n) is 4.71. The molecular formula is C14H20Cl2N2. The molecule has 0 spiro atoms. The average molecular weight is 287 g/mol. The maximum absolute atomic E-state index is 6.33. The molecule has 0 aliphatic carbocycles. The van der Waals surface area contributed by atoms with Gasteiger partial charge in [-0.05, 0) is 24.6 Å². The molecule has 0 radical (unpaired) electrons. The Bertz CT molecular complexity index is 387. The van der Waals surface area contributed by atoms with Gasteiger partial charge in [0.2, 0.25) is 0 Å². The summed E-state index contributed by atoms with van der Waals surface area (Å²) in [4.78, 5) is 4.87. The Hall–Kier alpha value is -0.440. The Kier molecular flexibility index (Phi) is 5.16. The molecule has 0 N–H and O–H groups in total. The van der Waals surface area contributed by atoms with Gasteiger partial charge in [-0.15, -0.1) is 11.6 Å². The molecule has 18 heavy (non-hydrogen) atoms. The molecule has 1 aromatic carbocycles. The first kappa shape index (κ1) is 14.0. The van der Waals surface area contributed by atoms with E-state index in [4.69, 9.17) is 23.2 Å². The van der Waals surface area contributed by atoms with E-state index in [-0.39, 0.29) is 0 Å². The molecule has 4 heteroatoms. The topological polar surface area (TPSA) is 6.48 Å². The van der Waals surface area contributed by atoms with Crippen LogP contribution in [-0.2, 0) is 5.88 Å². The molecule has 0 amide bonds. The van der Waals surface area contributed by atoms with Gasteiger partial charge in [0.05, 0.1) is 10.7 Å². The predicted molar refractivity (Wildman–Crippen MR) is 80.0 cm³/mol. The molecular weight excluding hydrogens is 267 g/mol. The van der Waals surface area contributed by atoms with Crippen LogP contribution in [0.5, 0.6) is 0 Å². The fourth-order valence-corrected chi connectivity index (χ4v) is 3.06. The van der Waals surface area contributed by atoms with Gasteiger partial charge in [-0.1, -0.05) is 30.7 Å². The number of halogens is 2. The SMILES string of the molecule is CCCN1CCN(c2c(Cl)cccc2CCl)CC1. The summed E-state index contributed by atoms with van der Waals surface area (Å²) in [6, 6.07) is 5.98. The molecule has 0 bridgehead atoms. The minimum atomic E-state index is 0.519. The van der Waals surface area contributed by atoms with Gasteiger partial charge in [0.15, 0.2) is 0 Å². The van der Waals surface area contributed by atoms with Crippen molar-refractivity contribution in [2.75, 3.05) is 37.6 Å². The van der Waals surface area contributed by atoms with Crippen molar-refractivity contribution in [3.63, 3.8) is 0 Å². The van der Waals surface area contributed by atoms with E-state index in [1.807, 2.05) is 12.1 Å². The summed E-state index contributed by atoms with van der Waals surface area (Å²) in [6.07, 6.45) is 1.22. The highest BCUT2D eigenvalue weighted by molar-refractivity contribution is 6.33. The van der Waals surface area contributed by atoms with Crippen molar-refractivity contribution in [3.8, 4) is 0 Å². The van der Waals surface area contributed by atoms with Gasteiger partial charge >= 0.3 is 0 Å². The van der Waals surface area contributed by atoms with Gasteiger partial charge < -0.3 is 4.90 Å². The van der Waals surface area contributed by atoms with Crippen LogP contribution in [0, 0.1) is 0 Å². The standard InChI is InChI=1S/C14H20Cl2N2/c1-2-6-17-7-9-18(10-8-17)14-12(11-15)4-3-5-13(14)16/h3-5H,2,6-11H2,1H3. The van der Waals surface area contributed by atoms with Crippen LogP contribution in [0.2, 0.25) is 5.02 Å². The van der Waals surface area contributed by atoms with Crippen LogP contribution in [0.3, 0.4) is 0 Å². The summed E-state index contributed by atoms with van der Waals surface area (Å²) in [5, 5.41) is 0.817. The zero-order valence-corrected chi connectivity index (χ0v) is 12.3. The predicted octanol–water partition coefficient (Wildman–Crippen LogP) is 3.61. The first-order valence-electron chi connectivity index (χ1n) is 6.57. The third kappa shape index (κ3) is 3.11. The molecule has 0 aromatic heterocycles. The molecule has 1 fully saturated rings. The molecule has 2 nitrogen and oxygen atoms in total. The summed E-state index contributed by atoms with van der Waals surface area (Å²) in [5.41, 5.74) is 2.26. The second-order valence-corrected chi connectivity index (χ2v) is 5.38. The van der Waals surface area contributed by atoms with E-state index < -0.39 is 0 Å². The molecule has 1 heterocycles. The first-order chi connectivity index (χ1) is 8.76. The lowest BCUT2D eigenvalue weighted by atomic mass is 10.1. The van der Waals surface area contributed by atoms with Crippen molar-refractivity contribution in [1.82, 2.24) is 4.90 Å². The van der Waals surface area contributed by atoms with Gasteiger partial charge in [-0.25, -0.2) is 0 Å². The highest BCUT2D eigenvalue weighted by Gasteiger charge is 2.20. The van der Waals surface area contributed by atoms with E-state index in [1.165, 1.54) is 13.0 Å². The molecule has 1 aliphatic rings. The molecule has 1 aliphatic heterocycles. The molecule has 0 saturated carbocycles. The lowest BCUT2D eigenvalue weighted by Crippen LogP contribution is -2.46. The van der Waals surface area contributed by atoms with E-state index in [9.17, 15) is 0 Å². The maximum Gasteiger partial charge on any atom is 0.0642 e. The Morgan fingerprint density at radius 2 is 1.89 bits per heavy atom. The summed E-state index contributed by atoms with van der Waals surface area (Å²) in [7, 11) is 0. The van der Waals surface area contributed by atoms with Gasteiger partial charge in [0.25, 0.3) is 0 Å². The van der Waals surface area contributed by atoms with Crippen molar-refractivity contribution in [1.29, 1.82) is 0 Å². The summed E-state index contributed by atoms with van der Waals surface area (Å²) < 4.78 is 0. The smallest absolute Gasteiger partial charge is 0.0642 e. The Balaban J connectivity index is 2.09. The number of hydrogen-bond donors (Lipinski definition) is 0. The number of nitrogens with zero attached hydrogens (tertiary/aromatic N) is 2. The van der Waals surface area contributed by atoms with Crippen molar-refractivity contribution in [2.45, 2.75) is 19.2 Å². The number of rotatable bonds is 4. The van der Waals surface area contributed by atoms with Crippen molar-refractivity contribution >= 4 is 28.9 Å². The average Bonchev–Trinajstić information content (AvgIpc) is 2.40. The zero-order chi connectivity index (χ0) is 13.0. The van der Waals surface area contributed by atoms with Gasteiger partial charge in [0.1, 0.15) is 0 Å². The van der Waals surface area contributed by atoms with Crippen LogP contribution >= 0.6 is 23.2 Å². The van der Waals surface area contributed by atoms with Crippen LogP contribution < -0.4 is 4.90 Å². The number of piperazine rings is 1. The number of benzene rings is 1. The summed E-state index contributed by atoms with van der Waals surface area (Å²) in [5.74, 6) is 0.519. The Labute approximate surface area is 119 Å². The quantitative estimate of drug-likeness (QED) is 0.781. The monoisotopic (exact) mass is 286 g/mol. The highest BCUT2D eigenvalue weighted by atomic mass is 35.5. The van der Waals surface area contributed by atoms with E-state index >= 15 is 0 Å². The van der Waals surface area contributed by atoms with Crippen molar-refractivity contribution in [2.24, 2.45) is 0 Å². The van der Waals surface area contributed by atoms with Crippen LogP contribution in [0.4, 0.5) is 5.69 Å². The van der Waals surface area contributed by atoms with Crippen LogP contribution in [0.15, 0.2) is 18.2 Å². The van der Waals surface area contributed by atoms with E-state index in [1.54, 1.807) is 0 Å². The summed E-state index contributed by atoms with van der Waals surface area (Å²) >= 11 is 12.3. The molecule has 0 unspecified atom stereocenters. The van der Waals surface area contributed by atoms with E-state index in [0.717, 1.165) is 42.5 Å². The fourth-order valence-electron chi connectivity index (χ4n) is 2.53. The van der Waals surface area contributed by atoms with Gasteiger partial charge in [-0.2, -0.15) is 0 Å². The van der Waals surface area contributed by atoms with Gasteiger partial charge in [0, 0.05) is 32.1 Å². The van der Waals surface area contributed by atoms with E-state index in [0.29, 0.717) is 5.88 Å². The normalized spacial score (nSPS) is 17.2. The van der Waals surface area contributed by atoms with Crippen LogP contribution in [0.1, 0.15) is 18.9 Å². The van der Waals surface area contributed by atoms with Crippen LogP contribution in [-0.4, -0.2) is 37.6 Å². The molecule has 1 saturated heterocycles. The maximum atomic E-state index is 6.33. The molecule has 2 rings (SSSR count). The molecule has 100 valence electrons. The zero-order valence-electron chi connectivity index (χ0n) is 10.8. The van der Waals surface area contributed by atoms with Crippen LogP contribution in [0.25, 0.3) is 0 Å². The molecule has 0 atom stereocenters. The molecule has 1 aromatic rings. The van der Waals surface area contributed by atoms with E-state index in [2.05, 4.69) is 22.8 Å². The minimum absolute atomic E-state index is 0.519. The minimum Gasteiger partial charge on any atom is -0.368 e. The first-order valence-corrected chi connectivity index (χ1v) is 7.48. The lowest BCUT2D eigenvalue weighted by molar-refractivity contribution is 0.258. The number of anilines is 1. The highest BCUT2D eigenvalue weighted by Crippen LogP contribution is 2.31. The fraction of sp³-hybridized carbons (Fsp3) is 0.571. The third-order valence-electron chi connectivity index (χ3n) is 3.44. The van der Waals surface area contributed by atoms with Crippen molar-refractivity contribution < 1.29 is 0 Å². The third-order valence-corrected chi connectivity index (χ3v) is 4.04. The Morgan fingerprint density at radius 1 is 1.17 bits per heavy atom. The largest absolute Gasteiger partial charge is 0.368 e.